The summed E-state index contributed by atoms with van der Waals surface area (Å²) in [5, 5.41) is 7.63. The standard InChI is InChI=1S/C33H34FN9O/c1-42(2)12-13-44-25-16-22(15-24(34)17-25)26-8-9-36-32-29(26)38-33(39-32)31-30-28(40-41-31)7-6-27(37-30)23-14-21(18-35-19-23)20-43-10-4-3-5-11-43/h6-9,14-19H,3-5,10-13,20H2,1-2H3,(H,40,41)(H,36,38,39). The van der Waals surface area contributed by atoms with E-state index in [0.29, 0.717) is 46.1 Å². The van der Waals surface area contributed by atoms with E-state index in [2.05, 4.69) is 36.1 Å². The Morgan fingerprint density at radius 1 is 0.977 bits per heavy atom. The van der Waals surface area contributed by atoms with Crippen LogP contribution >= 0.6 is 0 Å². The minimum absolute atomic E-state index is 0.378. The summed E-state index contributed by atoms with van der Waals surface area (Å²) in [6, 6.07) is 12.7. The molecule has 6 aromatic rings. The fraction of sp³-hybridized carbons (Fsp3) is 0.303. The van der Waals surface area contributed by atoms with E-state index in [9.17, 15) is 4.39 Å². The minimum atomic E-state index is -0.378. The molecule has 0 radical (unpaired) electrons. The summed E-state index contributed by atoms with van der Waals surface area (Å²) in [5.74, 6) is 0.610. The lowest BCUT2D eigenvalue weighted by Crippen LogP contribution is -2.29. The second-order valence-corrected chi connectivity index (χ2v) is 11.6. The SMILES string of the molecule is CN(C)CCOc1cc(F)cc(-c2ccnc3nc(-c4n[nH]c5ccc(-c6cncc(CN7CCCCC7)c6)nc45)[nH]c23)c1. The van der Waals surface area contributed by atoms with Gasteiger partial charge in [0.15, 0.2) is 17.2 Å². The summed E-state index contributed by atoms with van der Waals surface area (Å²) in [6.45, 7) is 4.33. The molecular formula is C33H34FN9O. The van der Waals surface area contributed by atoms with Gasteiger partial charge in [-0.15, -0.1) is 0 Å². The Hall–Kier alpha value is -4.74. The Bertz CT molecular complexity index is 1930. The number of pyridine rings is 3. The van der Waals surface area contributed by atoms with Gasteiger partial charge < -0.3 is 14.6 Å². The second kappa shape index (κ2) is 12.1. The molecule has 7 rings (SSSR count). The fourth-order valence-corrected chi connectivity index (χ4v) is 5.73. The molecule has 2 N–H and O–H groups in total. The number of ether oxygens (including phenoxy) is 1. The van der Waals surface area contributed by atoms with Gasteiger partial charge in [-0.05, 0) is 87.6 Å². The number of likely N-dealkylation sites (N-methyl/N-ethyl adjacent to an activating group) is 1. The van der Waals surface area contributed by atoms with Crippen LogP contribution in [0, 0.1) is 5.82 Å². The molecule has 224 valence electrons. The summed E-state index contributed by atoms with van der Waals surface area (Å²) in [4.78, 5) is 26.6. The number of nitrogens with zero attached hydrogens (tertiary/aromatic N) is 7. The number of likely N-dealkylation sites (tertiary alicyclic amines) is 1. The number of nitrogens with one attached hydrogen (secondary N) is 2. The molecule has 1 saturated heterocycles. The van der Waals surface area contributed by atoms with Gasteiger partial charge in [0.05, 0.1) is 16.7 Å². The normalized spacial score (nSPS) is 14.2. The van der Waals surface area contributed by atoms with Crippen LogP contribution in [0.4, 0.5) is 4.39 Å². The molecule has 1 fully saturated rings. The maximum atomic E-state index is 14.7. The Morgan fingerprint density at radius 3 is 2.73 bits per heavy atom. The number of aromatic nitrogens is 7. The van der Waals surface area contributed by atoms with E-state index < -0.39 is 0 Å². The molecule has 44 heavy (non-hydrogen) atoms. The summed E-state index contributed by atoms with van der Waals surface area (Å²) in [7, 11) is 3.93. The van der Waals surface area contributed by atoms with Crippen LogP contribution in [0.25, 0.3) is 56.1 Å². The third-order valence-corrected chi connectivity index (χ3v) is 7.96. The molecule has 0 unspecified atom stereocenters. The summed E-state index contributed by atoms with van der Waals surface area (Å²) in [6.07, 6.45) is 9.28. The highest BCUT2D eigenvalue weighted by Crippen LogP contribution is 2.33. The highest BCUT2D eigenvalue weighted by Gasteiger charge is 2.18. The molecule has 0 amide bonds. The largest absolute Gasteiger partial charge is 0.492 e. The van der Waals surface area contributed by atoms with E-state index in [1.54, 1.807) is 6.20 Å². The summed E-state index contributed by atoms with van der Waals surface area (Å²) < 4.78 is 20.5. The van der Waals surface area contributed by atoms with Gasteiger partial charge in [0.1, 0.15) is 23.7 Å². The Labute approximate surface area is 254 Å². The van der Waals surface area contributed by atoms with Crippen molar-refractivity contribution >= 4 is 22.2 Å². The quantitative estimate of drug-likeness (QED) is 0.221. The third kappa shape index (κ3) is 5.88. The van der Waals surface area contributed by atoms with Crippen LogP contribution in [0.5, 0.6) is 5.75 Å². The van der Waals surface area contributed by atoms with Crippen molar-refractivity contribution in [1.82, 2.24) is 44.9 Å². The van der Waals surface area contributed by atoms with Crippen molar-refractivity contribution in [2.75, 3.05) is 40.3 Å². The van der Waals surface area contributed by atoms with Crippen LogP contribution in [0.15, 0.2) is 61.1 Å². The van der Waals surface area contributed by atoms with Gasteiger partial charge in [-0.2, -0.15) is 5.10 Å². The van der Waals surface area contributed by atoms with Crippen molar-refractivity contribution in [2.24, 2.45) is 0 Å². The second-order valence-electron chi connectivity index (χ2n) is 11.6. The van der Waals surface area contributed by atoms with Gasteiger partial charge in [-0.3, -0.25) is 15.0 Å². The monoisotopic (exact) mass is 591 g/mol. The van der Waals surface area contributed by atoms with E-state index >= 15 is 0 Å². The van der Waals surface area contributed by atoms with Crippen LogP contribution < -0.4 is 4.74 Å². The number of piperidine rings is 1. The van der Waals surface area contributed by atoms with E-state index in [4.69, 9.17) is 14.7 Å². The Morgan fingerprint density at radius 2 is 1.86 bits per heavy atom. The molecule has 0 spiro atoms. The number of H-pyrrole nitrogens is 2. The number of rotatable bonds is 9. The van der Waals surface area contributed by atoms with Gasteiger partial charge in [0, 0.05) is 48.9 Å². The van der Waals surface area contributed by atoms with Crippen LogP contribution in [0.1, 0.15) is 24.8 Å². The number of benzene rings is 1. The number of halogens is 1. The highest BCUT2D eigenvalue weighted by atomic mass is 19.1. The van der Waals surface area contributed by atoms with Crippen molar-refractivity contribution < 1.29 is 9.13 Å². The predicted octanol–water partition coefficient (Wildman–Crippen LogP) is 5.69. The maximum absolute atomic E-state index is 14.7. The predicted molar refractivity (Wildman–Crippen MR) is 169 cm³/mol. The zero-order valence-corrected chi connectivity index (χ0v) is 24.8. The smallest absolute Gasteiger partial charge is 0.178 e. The lowest BCUT2D eigenvalue weighted by atomic mass is 10.1. The van der Waals surface area contributed by atoms with Crippen LogP contribution in [-0.4, -0.2) is 85.3 Å². The van der Waals surface area contributed by atoms with E-state index in [1.165, 1.54) is 37.0 Å². The van der Waals surface area contributed by atoms with E-state index in [0.717, 1.165) is 48.5 Å². The molecule has 10 nitrogen and oxygen atoms in total. The first-order chi connectivity index (χ1) is 21.5. The van der Waals surface area contributed by atoms with Gasteiger partial charge in [0.2, 0.25) is 0 Å². The first-order valence-electron chi connectivity index (χ1n) is 15.0. The number of fused-ring (bicyclic) bond motifs is 2. The van der Waals surface area contributed by atoms with Crippen molar-refractivity contribution in [1.29, 1.82) is 0 Å². The van der Waals surface area contributed by atoms with Crippen molar-refractivity contribution in [3.63, 3.8) is 0 Å². The fourth-order valence-electron chi connectivity index (χ4n) is 5.73. The van der Waals surface area contributed by atoms with Crippen LogP contribution in [0.2, 0.25) is 0 Å². The number of hydrogen-bond acceptors (Lipinski definition) is 8. The molecule has 1 aliphatic heterocycles. The molecule has 1 aromatic carbocycles. The third-order valence-electron chi connectivity index (χ3n) is 7.96. The van der Waals surface area contributed by atoms with E-state index in [-0.39, 0.29) is 5.82 Å². The Balaban J connectivity index is 1.21. The average Bonchev–Trinajstić information content (AvgIpc) is 3.65. The lowest BCUT2D eigenvalue weighted by Gasteiger charge is -2.26. The molecule has 6 heterocycles. The van der Waals surface area contributed by atoms with Crippen molar-refractivity contribution in [2.45, 2.75) is 25.8 Å². The van der Waals surface area contributed by atoms with Gasteiger partial charge in [-0.25, -0.2) is 19.3 Å². The molecule has 5 aromatic heterocycles. The zero-order chi connectivity index (χ0) is 30.0. The minimum Gasteiger partial charge on any atom is -0.492 e. The molecule has 0 aliphatic carbocycles. The molecule has 1 aliphatic rings. The lowest BCUT2D eigenvalue weighted by molar-refractivity contribution is 0.220. The number of aromatic amines is 2. The first-order valence-corrected chi connectivity index (χ1v) is 15.0. The molecule has 11 heteroatoms. The van der Waals surface area contributed by atoms with Crippen molar-refractivity contribution in [3.8, 4) is 39.7 Å². The highest BCUT2D eigenvalue weighted by molar-refractivity contribution is 5.95. The topological polar surface area (TPSA) is 112 Å². The Kier molecular flexibility index (Phi) is 7.71. The van der Waals surface area contributed by atoms with Crippen LogP contribution in [-0.2, 0) is 6.54 Å². The maximum Gasteiger partial charge on any atom is 0.178 e. The van der Waals surface area contributed by atoms with Crippen LogP contribution in [0.3, 0.4) is 0 Å². The molecular weight excluding hydrogens is 557 g/mol. The summed E-state index contributed by atoms with van der Waals surface area (Å²) >= 11 is 0. The first kappa shape index (κ1) is 28.1. The average molecular weight is 592 g/mol. The van der Waals surface area contributed by atoms with Gasteiger partial charge in [-0.1, -0.05) is 6.42 Å². The number of imidazole rings is 1. The molecule has 0 saturated carbocycles. The van der Waals surface area contributed by atoms with Gasteiger partial charge >= 0.3 is 0 Å². The molecule has 0 atom stereocenters. The van der Waals surface area contributed by atoms with Crippen molar-refractivity contribution in [3.05, 3.63) is 72.4 Å². The molecule has 0 bridgehead atoms. The number of hydrogen-bond donors (Lipinski definition) is 2. The van der Waals surface area contributed by atoms with E-state index in [1.807, 2.05) is 55.7 Å². The summed E-state index contributed by atoms with van der Waals surface area (Å²) in [5.41, 5.74) is 7.60. The zero-order valence-electron chi connectivity index (χ0n) is 24.8. The van der Waals surface area contributed by atoms with Gasteiger partial charge in [0.25, 0.3) is 0 Å².